The Labute approximate surface area is 129 Å². The molecule has 1 aromatic carbocycles. The van der Waals surface area contributed by atoms with Crippen molar-refractivity contribution in [2.75, 3.05) is 20.3 Å². The Bertz CT molecular complexity index is 640. The fourth-order valence-corrected chi connectivity index (χ4v) is 2.38. The third kappa shape index (κ3) is 3.39. The minimum atomic E-state index is 0.0883. The van der Waals surface area contributed by atoms with Gasteiger partial charge in [0.25, 0.3) is 0 Å². The number of ether oxygens (including phenoxy) is 2. The molecule has 116 valence electrons. The van der Waals surface area contributed by atoms with Crippen molar-refractivity contribution in [3.8, 4) is 11.5 Å². The lowest BCUT2D eigenvalue weighted by molar-refractivity contribution is -0.130. The van der Waals surface area contributed by atoms with E-state index >= 15 is 0 Å². The van der Waals surface area contributed by atoms with Crippen molar-refractivity contribution in [2.45, 2.75) is 19.5 Å². The highest BCUT2D eigenvalue weighted by Crippen LogP contribution is 2.31. The van der Waals surface area contributed by atoms with Gasteiger partial charge in [-0.3, -0.25) is 9.48 Å². The van der Waals surface area contributed by atoms with Crippen molar-refractivity contribution >= 4 is 5.91 Å². The number of rotatable bonds is 5. The number of fused-ring (bicyclic) bond motifs is 1. The van der Waals surface area contributed by atoms with Crippen LogP contribution in [0.25, 0.3) is 0 Å². The lowest BCUT2D eigenvalue weighted by atomic mass is 10.2. The van der Waals surface area contributed by atoms with Gasteiger partial charge in [-0.1, -0.05) is 6.07 Å². The van der Waals surface area contributed by atoms with E-state index in [-0.39, 0.29) is 5.91 Å². The maximum absolute atomic E-state index is 12.2. The molecule has 1 aliphatic rings. The van der Waals surface area contributed by atoms with Gasteiger partial charge in [0.05, 0.1) is 0 Å². The van der Waals surface area contributed by atoms with Crippen LogP contribution in [0.1, 0.15) is 12.0 Å². The zero-order valence-electron chi connectivity index (χ0n) is 12.6. The van der Waals surface area contributed by atoms with E-state index in [4.69, 9.17) is 9.47 Å². The van der Waals surface area contributed by atoms with Crippen LogP contribution in [0.2, 0.25) is 0 Å². The smallest absolute Gasteiger partial charge is 0.224 e. The predicted octanol–water partition coefficient (Wildman–Crippen LogP) is 1.70. The molecule has 0 unspecified atom stereocenters. The number of nitrogens with zero attached hydrogens (tertiary/aromatic N) is 3. The number of aromatic nitrogens is 2. The molecule has 0 radical (unpaired) electrons. The van der Waals surface area contributed by atoms with Gasteiger partial charge in [0.2, 0.25) is 5.91 Å². The monoisotopic (exact) mass is 301 g/mol. The maximum atomic E-state index is 12.2. The van der Waals surface area contributed by atoms with Crippen molar-refractivity contribution in [1.29, 1.82) is 0 Å². The van der Waals surface area contributed by atoms with Crippen LogP contribution in [0, 0.1) is 0 Å². The number of carbonyl (C=O) groups excluding carboxylic acids is 1. The van der Waals surface area contributed by atoms with E-state index in [1.807, 2.05) is 37.5 Å². The van der Waals surface area contributed by atoms with Crippen LogP contribution >= 0.6 is 0 Å². The molecular formula is C16H19N3O3. The van der Waals surface area contributed by atoms with Crippen LogP contribution in [0.5, 0.6) is 11.5 Å². The van der Waals surface area contributed by atoms with E-state index in [1.54, 1.807) is 15.8 Å². The summed E-state index contributed by atoms with van der Waals surface area (Å²) in [5, 5.41) is 4.10. The quantitative estimate of drug-likeness (QED) is 0.843. The summed E-state index contributed by atoms with van der Waals surface area (Å²) in [4.78, 5) is 13.9. The Morgan fingerprint density at radius 1 is 1.32 bits per heavy atom. The highest BCUT2D eigenvalue weighted by Gasteiger charge is 2.14. The Morgan fingerprint density at radius 2 is 2.14 bits per heavy atom. The summed E-state index contributed by atoms with van der Waals surface area (Å²) in [6.07, 6.45) is 4.00. The molecule has 22 heavy (non-hydrogen) atoms. The Kier molecular flexibility index (Phi) is 4.27. The summed E-state index contributed by atoms with van der Waals surface area (Å²) in [5.74, 6) is 1.61. The minimum absolute atomic E-state index is 0.0883. The summed E-state index contributed by atoms with van der Waals surface area (Å²) in [7, 11) is 1.81. The van der Waals surface area contributed by atoms with Crippen molar-refractivity contribution in [3.05, 3.63) is 42.2 Å². The van der Waals surface area contributed by atoms with Crippen molar-refractivity contribution < 1.29 is 14.3 Å². The van der Waals surface area contributed by atoms with Crippen molar-refractivity contribution in [1.82, 2.24) is 14.7 Å². The minimum Gasteiger partial charge on any atom is -0.486 e. The molecule has 0 spiro atoms. The molecule has 1 amide bonds. The molecule has 2 aromatic rings. The molecule has 2 heterocycles. The topological polar surface area (TPSA) is 56.6 Å². The molecule has 3 rings (SSSR count). The molecule has 0 aliphatic carbocycles. The standard InChI is InChI=1S/C16H19N3O3/c1-18(16(20)5-8-19-7-2-6-17-19)12-13-3-4-14-15(11-13)22-10-9-21-14/h2-4,6-7,11H,5,8-10,12H2,1H3. The van der Waals surface area contributed by atoms with Crippen LogP contribution < -0.4 is 9.47 Å². The Hall–Kier alpha value is -2.50. The third-order valence-electron chi connectivity index (χ3n) is 3.57. The predicted molar refractivity (Wildman–Crippen MR) is 80.8 cm³/mol. The molecule has 0 fully saturated rings. The third-order valence-corrected chi connectivity index (χ3v) is 3.57. The molecule has 0 atom stereocenters. The fourth-order valence-electron chi connectivity index (χ4n) is 2.38. The summed E-state index contributed by atoms with van der Waals surface area (Å²) in [6, 6.07) is 7.64. The summed E-state index contributed by atoms with van der Waals surface area (Å²) >= 11 is 0. The maximum Gasteiger partial charge on any atom is 0.224 e. The van der Waals surface area contributed by atoms with Crippen molar-refractivity contribution in [3.63, 3.8) is 0 Å². The van der Waals surface area contributed by atoms with Gasteiger partial charge in [-0.2, -0.15) is 5.10 Å². The second kappa shape index (κ2) is 6.51. The first-order valence-electron chi connectivity index (χ1n) is 7.32. The van der Waals surface area contributed by atoms with Crippen LogP contribution in [0.15, 0.2) is 36.7 Å². The number of hydrogen-bond acceptors (Lipinski definition) is 4. The molecule has 1 aliphatic heterocycles. The van der Waals surface area contributed by atoms with Gasteiger partial charge < -0.3 is 14.4 Å². The average molecular weight is 301 g/mol. The van der Waals surface area contributed by atoms with E-state index in [0.717, 1.165) is 17.1 Å². The Balaban J connectivity index is 1.56. The lowest BCUT2D eigenvalue weighted by Gasteiger charge is -2.21. The van der Waals surface area contributed by atoms with Crippen LogP contribution in [0.4, 0.5) is 0 Å². The average Bonchev–Trinajstić information content (AvgIpc) is 3.06. The first-order valence-corrected chi connectivity index (χ1v) is 7.32. The van der Waals surface area contributed by atoms with E-state index in [0.29, 0.717) is 32.7 Å². The van der Waals surface area contributed by atoms with E-state index in [1.165, 1.54) is 0 Å². The largest absolute Gasteiger partial charge is 0.486 e. The van der Waals surface area contributed by atoms with Gasteiger partial charge in [0, 0.05) is 39.0 Å². The summed E-state index contributed by atoms with van der Waals surface area (Å²) in [5.41, 5.74) is 1.03. The van der Waals surface area contributed by atoms with Gasteiger partial charge in [-0.25, -0.2) is 0 Å². The fraction of sp³-hybridized carbons (Fsp3) is 0.375. The second-order valence-corrected chi connectivity index (χ2v) is 5.25. The Morgan fingerprint density at radius 3 is 2.91 bits per heavy atom. The number of hydrogen-bond donors (Lipinski definition) is 0. The highest BCUT2D eigenvalue weighted by atomic mass is 16.6. The van der Waals surface area contributed by atoms with Gasteiger partial charge in [-0.15, -0.1) is 0 Å². The van der Waals surface area contributed by atoms with Gasteiger partial charge in [-0.05, 0) is 23.8 Å². The van der Waals surface area contributed by atoms with Crippen LogP contribution in [-0.2, 0) is 17.9 Å². The first kappa shape index (κ1) is 14.4. The SMILES string of the molecule is CN(Cc1ccc2c(c1)OCCO2)C(=O)CCn1cccn1. The normalized spacial score (nSPS) is 13.0. The summed E-state index contributed by atoms with van der Waals surface area (Å²) in [6.45, 7) is 2.29. The van der Waals surface area contributed by atoms with Gasteiger partial charge in [0.15, 0.2) is 11.5 Å². The second-order valence-electron chi connectivity index (χ2n) is 5.25. The number of carbonyl (C=O) groups is 1. The molecule has 0 saturated carbocycles. The molecule has 6 nitrogen and oxygen atoms in total. The molecule has 0 bridgehead atoms. The zero-order chi connectivity index (χ0) is 15.4. The number of aryl methyl sites for hydroxylation is 1. The number of amides is 1. The van der Waals surface area contributed by atoms with Gasteiger partial charge >= 0.3 is 0 Å². The van der Waals surface area contributed by atoms with Crippen LogP contribution in [-0.4, -0.2) is 40.8 Å². The van der Waals surface area contributed by atoms with E-state index < -0.39 is 0 Å². The van der Waals surface area contributed by atoms with Crippen LogP contribution in [0.3, 0.4) is 0 Å². The molecule has 1 aromatic heterocycles. The molecular weight excluding hydrogens is 282 g/mol. The highest BCUT2D eigenvalue weighted by molar-refractivity contribution is 5.75. The molecule has 0 saturated heterocycles. The molecule has 0 N–H and O–H groups in total. The summed E-state index contributed by atoms with van der Waals surface area (Å²) < 4.78 is 12.8. The number of benzene rings is 1. The first-order chi connectivity index (χ1) is 10.7. The van der Waals surface area contributed by atoms with E-state index in [2.05, 4.69) is 5.10 Å². The lowest BCUT2D eigenvalue weighted by Crippen LogP contribution is -2.27. The zero-order valence-corrected chi connectivity index (χ0v) is 12.6. The van der Waals surface area contributed by atoms with Gasteiger partial charge in [0.1, 0.15) is 13.2 Å². The molecule has 6 heteroatoms. The van der Waals surface area contributed by atoms with E-state index in [9.17, 15) is 4.79 Å². The van der Waals surface area contributed by atoms with Crippen molar-refractivity contribution in [2.24, 2.45) is 0 Å².